The van der Waals surface area contributed by atoms with Crippen molar-refractivity contribution in [1.82, 2.24) is 4.90 Å². The lowest BCUT2D eigenvalue weighted by molar-refractivity contribution is 0.106. The Bertz CT molecular complexity index is 167. The first-order chi connectivity index (χ1) is 7.77. The highest BCUT2D eigenvalue weighted by atomic mass is 16.5. The molecule has 1 fully saturated rings. The van der Waals surface area contributed by atoms with Crippen molar-refractivity contribution in [3.8, 4) is 0 Å². The summed E-state index contributed by atoms with van der Waals surface area (Å²) in [5.74, 6) is 0.563. The van der Waals surface area contributed by atoms with Crippen LogP contribution in [0.3, 0.4) is 0 Å². The normalized spacial score (nSPS) is 26.2. The van der Waals surface area contributed by atoms with E-state index in [0.717, 1.165) is 32.2 Å². The first-order valence-corrected chi connectivity index (χ1v) is 6.66. The van der Waals surface area contributed by atoms with E-state index in [1.807, 2.05) is 6.92 Å². The summed E-state index contributed by atoms with van der Waals surface area (Å²) in [6.45, 7) is 5.26. The second-order valence-corrected chi connectivity index (χ2v) is 4.89. The van der Waals surface area contributed by atoms with Gasteiger partial charge in [0.1, 0.15) is 0 Å². The highest BCUT2D eigenvalue weighted by molar-refractivity contribution is 4.77. The minimum atomic E-state index is 0.376. The number of rotatable bonds is 7. The van der Waals surface area contributed by atoms with Crippen molar-refractivity contribution in [3.63, 3.8) is 0 Å². The Labute approximate surface area is 99.8 Å². The van der Waals surface area contributed by atoms with Crippen molar-refractivity contribution in [2.75, 3.05) is 33.4 Å². The second kappa shape index (κ2) is 8.04. The quantitative estimate of drug-likeness (QED) is 0.677. The molecule has 0 unspecified atom stereocenters. The Hall–Kier alpha value is -0.120. The van der Waals surface area contributed by atoms with Gasteiger partial charge in [-0.15, -0.1) is 0 Å². The topological polar surface area (TPSA) is 32.7 Å². The van der Waals surface area contributed by atoms with Crippen LogP contribution in [0.2, 0.25) is 0 Å². The average molecular weight is 229 g/mol. The summed E-state index contributed by atoms with van der Waals surface area (Å²) in [6, 6.07) is 0.726. The van der Waals surface area contributed by atoms with E-state index in [-0.39, 0.29) is 0 Å². The molecule has 3 heteroatoms. The zero-order valence-corrected chi connectivity index (χ0v) is 10.8. The summed E-state index contributed by atoms with van der Waals surface area (Å²) in [5.41, 5.74) is 0. The molecule has 0 aliphatic heterocycles. The standard InChI is InChI=1S/C13H27NO2/c1-3-16-10-4-9-14(2)13-7-5-12(11-15)6-8-13/h12-13,15H,3-11H2,1-2H3. The van der Waals surface area contributed by atoms with Crippen LogP contribution in [0.4, 0.5) is 0 Å². The van der Waals surface area contributed by atoms with Gasteiger partial charge in [-0.05, 0) is 52.0 Å². The van der Waals surface area contributed by atoms with Crippen LogP contribution in [-0.4, -0.2) is 49.5 Å². The first kappa shape index (κ1) is 13.9. The highest BCUT2D eigenvalue weighted by Gasteiger charge is 2.22. The SMILES string of the molecule is CCOCCCN(C)C1CCC(CO)CC1. The third-order valence-electron chi connectivity index (χ3n) is 3.70. The van der Waals surface area contributed by atoms with Crippen molar-refractivity contribution in [3.05, 3.63) is 0 Å². The molecule has 1 saturated carbocycles. The largest absolute Gasteiger partial charge is 0.396 e. The first-order valence-electron chi connectivity index (χ1n) is 6.66. The van der Waals surface area contributed by atoms with Crippen LogP contribution >= 0.6 is 0 Å². The van der Waals surface area contributed by atoms with Gasteiger partial charge in [-0.25, -0.2) is 0 Å². The monoisotopic (exact) mass is 229 g/mol. The molecule has 0 saturated heterocycles. The maximum atomic E-state index is 9.09. The van der Waals surface area contributed by atoms with E-state index in [1.165, 1.54) is 25.7 Å². The lowest BCUT2D eigenvalue weighted by atomic mass is 9.86. The number of hydrogen-bond donors (Lipinski definition) is 1. The summed E-state index contributed by atoms with van der Waals surface area (Å²) in [7, 11) is 2.22. The number of ether oxygens (including phenoxy) is 1. The number of aliphatic hydroxyl groups excluding tert-OH is 1. The van der Waals surface area contributed by atoms with Crippen LogP contribution in [0, 0.1) is 5.92 Å². The van der Waals surface area contributed by atoms with Crippen LogP contribution in [-0.2, 0) is 4.74 Å². The molecule has 0 bridgehead atoms. The van der Waals surface area contributed by atoms with E-state index < -0.39 is 0 Å². The minimum absolute atomic E-state index is 0.376. The fourth-order valence-electron chi connectivity index (χ4n) is 2.51. The molecular formula is C13H27NO2. The molecule has 1 N–H and O–H groups in total. The zero-order chi connectivity index (χ0) is 11.8. The molecule has 3 nitrogen and oxygen atoms in total. The van der Waals surface area contributed by atoms with Gasteiger partial charge in [0.15, 0.2) is 0 Å². The number of nitrogens with zero attached hydrogens (tertiary/aromatic N) is 1. The van der Waals surface area contributed by atoms with Crippen LogP contribution in [0.15, 0.2) is 0 Å². The van der Waals surface area contributed by atoms with E-state index >= 15 is 0 Å². The third-order valence-corrected chi connectivity index (χ3v) is 3.70. The molecule has 0 spiro atoms. The summed E-state index contributed by atoms with van der Waals surface area (Å²) in [5, 5.41) is 9.09. The fraction of sp³-hybridized carbons (Fsp3) is 1.00. The molecule has 1 aliphatic rings. The predicted octanol–water partition coefficient (Wildman–Crippen LogP) is 1.90. The molecule has 1 rings (SSSR count). The van der Waals surface area contributed by atoms with Crippen molar-refractivity contribution >= 4 is 0 Å². The second-order valence-electron chi connectivity index (χ2n) is 4.89. The van der Waals surface area contributed by atoms with Gasteiger partial charge in [-0.1, -0.05) is 0 Å². The van der Waals surface area contributed by atoms with E-state index in [0.29, 0.717) is 12.5 Å². The maximum absolute atomic E-state index is 9.09. The molecule has 0 amide bonds. The molecule has 1 aliphatic carbocycles. The third kappa shape index (κ3) is 4.81. The van der Waals surface area contributed by atoms with Crippen LogP contribution in [0.5, 0.6) is 0 Å². The van der Waals surface area contributed by atoms with Gasteiger partial charge in [0.05, 0.1) is 0 Å². The van der Waals surface area contributed by atoms with Gasteiger partial charge >= 0.3 is 0 Å². The van der Waals surface area contributed by atoms with Crippen LogP contribution < -0.4 is 0 Å². The van der Waals surface area contributed by atoms with Gasteiger partial charge in [0, 0.05) is 32.4 Å². The van der Waals surface area contributed by atoms with Gasteiger partial charge in [0.2, 0.25) is 0 Å². The van der Waals surface area contributed by atoms with Crippen LogP contribution in [0.1, 0.15) is 39.0 Å². The van der Waals surface area contributed by atoms with Crippen LogP contribution in [0.25, 0.3) is 0 Å². The molecule has 0 atom stereocenters. The summed E-state index contributed by atoms with van der Waals surface area (Å²) in [4.78, 5) is 2.46. The Morgan fingerprint density at radius 3 is 2.50 bits per heavy atom. The fourth-order valence-corrected chi connectivity index (χ4v) is 2.51. The molecular weight excluding hydrogens is 202 g/mol. The molecule has 0 aromatic heterocycles. The van der Waals surface area contributed by atoms with Crippen molar-refractivity contribution < 1.29 is 9.84 Å². The molecule has 16 heavy (non-hydrogen) atoms. The summed E-state index contributed by atoms with van der Waals surface area (Å²) >= 11 is 0. The predicted molar refractivity (Wildman–Crippen MR) is 66.6 cm³/mol. The summed E-state index contributed by atoms with van der Waals surface area (Å²) in [6.07, 6.45) is 6.00. The Morgan fingerprint density at radius 1 is 1.25 bits per heavy atom. The van der Waals surface area contributed by atoms with Crippen molar-refractivity contribution in [1.29, 1.82) is 0 Å². The smallest absolute Gasteiger partial charge is 0.0478 e. The Kier molecular flexibility index (Phi) is 7.01. The van der Waals surface area contributed by atoms with Gasteiger partial charge < -0.3 is 14.7 Å². The van der Waals surface area contributed by atoms with E-state index in [2.05, 4.69) is 11.9 Å². The van der Waals surface area contributed by atoms with Gasteiger partial charge in [0.25, 0.3) is 0 Å². The van der Waals surface area contributed by atoms with Crippen molar-refractivity contribution in [2.24, 2.45) is 5.92 Å². The molecule has 0 aromatic carbocycles. The van der Waals surface area contributed by atoms with E-state index in [4.69, 9.17) is 9.84 Å². The Balaban J connectivity index is 2.10. The van der Waals surface area contributed by atoms with Gasteiger partial charge in [-0.3, -0.25) is 0 Å². The lowest BCUT2D eigenvalue weighted by Gasteiger charge is -2.34. The van der Waals surface area contributed by atoms with E-state index in [9.17, 15) is 0 Å². The Morgan fingerprint density at radius 2 is 1.94 bits per heavy atom. The highest BCUT2D eigenvalue weighted by Crippen LogP contribution is 2.26. The number of aliphatic hydroxyl groups is 1. The molecule has 0 aromatic rings. The van der Waals surface area contributed by atoms with E-state index in [1.54, 1.807) is 0 Å². The molecule has 96 valence electrons. The minimum Gasteiger partial charge on any atom is -0.396 e. The number of hydrogen-bond acceptors (Lipinski definition) is 3. The van der Waals surface area contributed by atoms with Crippen molar-refractivity contribution in [2.45, 2.75) is 45.1 Å². The maximum Gasteiger partial charge on any atom is 0.0478 e. The summed E-state index contributed by atoms with van der Waals surface area (Å²) < 4.78 is 5.35. The lowest BCUT2D eigenvalue weighted by Crippen LogP contribution is -2.36. The van der Waals surface area contributed by atoms with Gasteiger partial charge in [-0.2, -0.15) is 0 Å². The average Bonchev–Trinajstić information content (AvgIpc) is 2.34. The molecule has 0 heterocycles. The molecule has 0 radical (unpaired) electrons. The zero-order valence-electron chi connectivity index (χ0n) is 10.8.